The van der Waals surface area contributed by atoms with Crippen LogP contribution >= 0.6 is 0 Å². The lowest BCUT2D eigenvalue weighted by Gasteiger charge is -2.18. The average Bonchev–Trinajstić information content (AvgIpc) is 3.27. The van der Waals surface area contributed by atoms with Crippen LogP contribution in [0.1, 0.15) is 258 Å². The SMILES string of the molecule is CCCCCCCC/C=C/C/C=C/C/C=C/CCCC(=O)OCC(COC(=O)CC/C=C/C/C=C/CCCCCCCC)OC(=O)CCCCCCCCCCCCCCCC. The molecular weight excluding hydrogens is 769 g/mol. The Morgan fingerprint density at radius 3 is 1.05 bits per heavy atom. The van der Waals surface area contributed by atoms with Gasteiger partial charge in [0.15, 0.2) is 6.10 Å². The van der Waals surface area contributed by atoms with Crippen molar-refractivity contribution in [3.8, 4) is 0 Å². The number of esters is 3. The number of hydrogen-bond donors (Lipinski definition) is 0. The second-order valence-corrected chi connectivity index (χ2v) is 17.4. The second kappa shape index (κ2) is 50.8. The van der Waals surface area contributed by atoms with E-state index in [9.17, 15) is 14.4 Å². The fourth-order valence-corrected chi connectivity index (χ4v) is 7.28. The zero-order valence-corrected chi connectivity index (χ0v) is 40.9. The van der Waals surface area contributed by atoms with Crippen molar-refractivity contribution in [2.45, 2.75) is 264 Å². The summed E-state index contributed by atoms with van der Waals surface area (Å²) in [5.41, 5.74) is 0. The molecule has 0 bridgehead atoms. The summed E-state index contributed by atoms with van der Waals surface area (Å²) in [6.45, 7) is 6.54. The average molecular weight is 867 g/mol. The van der Waals surface area contributed by atoms with E-state index in [4.69, 9.17) is 14.2 Å². The minimum atomic E-state index is -0.813. The summed E-state index contributed by atoms with van der Waals surface area (Å²) in [5, 5.41) is 0. The molecule has 0 heterocycles. The molecule has 0 saturated heterocycles. The molecule has 0 amide bonds. The maximum Gasteiger partial charge on any atom is 0.306 e. The lowest BCUT2D eigenvalue weighted by molar-refractivity contribution is -0.166. The number of allylic oxidation sites excluding steroid dienone is 10. The van der Waals surface area contributed by atoms with Gasteiger partial charge < -0.3 is 14.2 Å². The zero-order valence-electron chi connectivity index (χ0n) is 40.9. The van der Waals surface area contributed by atoms with Crippen molar-refractivity contribution >= 4 is 17.9 Å². The van der Waals surface area contributed by atoms with Gasteiger partial charge in [-0.2, -0.15) is 0 Å². The Hall–Kier alpha value is -2.89. The standard InChI is InChI=1S/C56H98O6/c1-4-7-10-13-16-19-22-25-27-28-29-32-34-37-40-43-46-49-55(58)61-52-53(51-60-54(57)48-45-42-39-36-33-30-24-21-18-15-12-9-6-3)62-56(59)50-47-44-41-38-35-31-26-23-20-17-14-11-8-5-2/h25,27,29-30,32-33,37,39-40,42,53H,4-24,26,28,31,34-36,38,41,43-52H2,1-3H3/b27-25+,32-29+,33-30+,40-37+,42-39+. The predicted molar refractivity (Wildman–Crippen MR) is 265 cm³/mol. The Bertz CT molecular complexity index is 1130. The first-order chi connectivity index (χ1) is 30.5. The number of rotatable bonds is 47. The molecule has 6 nitrogen and oxygen atoms in total. The summed E-state index contributed by atoms with van der Waals surface area (Å²) in [6, 6.07) is 0. The van der Waals surface area contributed by atoms with Gasteiger partial charge >= 0.3 is 17.9 Å². The summed E-state index contributed by atoms with van der Waals surface area (Å²) in [7, 11) is 0. The quantitative estimate of drug-likeness (QED) is 0.0262. The van der Waals surface area contributed by atoms with Gasteiger partial charge in [-0.05, 0) is 70.6 Å². The molecule has 1 atom stereocenters. The Morgan fingerprint density at radius 2 is 0.629 bits per heavy atom. The highest BCUT2D eigenvalue weighted by atomic mass is 16.6. The van der Waals surface area contributed by atoms with Gasteiger partial charge in [0, 0.05) is 19.3 Å². The van der Waals surface area contributed by atoms with Crippen molar-refractivity contribution in [3.63, 3.8) is 0 Å². The molecule has 6 heteroatoms. The minimum Gasteiger partial charge on any atom is -0.462 e. The molecule has 1 unspecified atom stereocenters. The van der Waals surface area contributed by atoms with Crippen molar-refractivity contribution in [1.29, 1.82) is 0 Å². The summed E-state index contributed by atoms with van der Waals surface area (Å²) >= 11 is 0. The maximum atomic E-state index is 12.8. The minimum absolute atomic E-state index is 0.115. The van der Waals surface area contributed by atoms with E-state index in [1.54, 1.807) is 0 Å². The highest BCUT2D eigenvalue weighted by Crippen LogP contribution is 2.15. The van der Waals surface area contributed by atoms with Gasteiger partial charge in [0.05, 0.1) is 0 Å². The molecule has 0 N–H and O–H groups in total. The molecule has 0 aromatic carbocycles. The van der Waals surface area contributed by atoms with E-state index in [1.807, 2.05) is 6.08 Å². The number of ether oxygens (including phenoxy) is 3. The van der Waals surface area contributed by atoms with E-state index in [2.05, 4.69) is 75.5 Å². The molecule has 358 valence electrons. The lowest BCUT2D eigenvalue weighted by atomic mass is 10.0. The van der Waals surface area contributed by atoms with Gasteiger partial charge in [0.25, 0.3) is 0 Å². The third-order valence-corrected chi connectivity index (χ3v) is 11.3. The van der Waals surface area contributed by atoms with Gasteiger partial charge in [-0.1, -0.05) is 229 Å². The summed E-state index contributed by atoms with van der Waals surface area (Å²) in [4.78, 5) is 37.9. The fourth-order valence-electron chi connectivity index (χ4n) is 7.28. The molecule has 0 fully saturated rings. The van der Waals surface area contributed by atoms with Crippen LogP contribution in [-0.2, 0) is 28.6 Å². The van der Waals surface area contributed by atoms with Gasteiger partial charge in [-0.15, -0.1) is 0 Å². The van der Waals surface area contributed by atoms with E-state index in [0.29, 0.717) is 19.3 Å². The zero-order chi connectivity index (χ0) is 45.1. The maximum absolute atomic E-state index is 12.8. The Labute approximate surface area is 383 Å². The number of unbranched alkanes of at least 4 members (excludes halogenated alkanes) is 26. The summed E-state index contributed by atoms with van der Waals surface area (Å²) in [6.07, 6.45) is 62.2. The molecule has 0 saturated carbocycles. The molecular formula is C56H98O6. The van der Waals surface area contributed by atoms with Crippen LogP contribution in [0.15, 0.2) is 60.8 Å². The molecule has 0 aliphatic rings. The van der Waals surface area contributed by atoms with Crippen LogP contribution in [0, 0.1) is 0 Å². The number of hydrogen-bond acceptors (Lipinski definition) is 6. The predicted octanol–water partition coefficient (Wildman–Crippen LogP) is 17.3. The normalized spacial score (nSPS) is 12.5. The molecule has 0 aromatic rings. The van der Waals surface area contributed by atoms with Crippen LogP contribution in [0.5, 0.6) is 0 Å². The van der Waals surface area contributed by atoms with Crippen LogP contribution in [0.2, 0.25) is 0 Å². The number of carbonyl (C=O) groups excluding carboxylic acids is 3. The largest absolute Gasteiger partial charge is 0.462 e. The molecule has 0 spiro atoms. The molecule has 0 aliphatic carbocycles. The van der Waals surface area contributed by atoms with E-state index >= 15 is 0 Å². The van der Waals surface area contributed by atoms with Crippen LogP contribution in [0.4, 0.5) is 0 Å². The first kappa shape index (κ1) is 59.1. The van der Waals surface area contributed by atoms with Crippen LogP contribution in [0.25, 0.3) is 0 Å². The topological polar surface area (TPSA) is 78.9 Å². The third kappa shape index (κ3) is 48.1. The summed E-state index contributed by atoms with van der Waals surface area (Å²) < 4.78 is 16.7. The highest BCUT2D eigenvalue weighted by molar-refractivity contribution is 5.71. The van der Waals surface area contributed by atoms with Gasteiger partial charge in [-0.3, -0.25) is 14.4 Å². The van der Waals surface area contributed by atoms with Crippen molar-refractivity contribution in [2.75, 3.05) is 13.2 Å². The smallest absolute Gasteiger partial charge is 0.306 e. The highest BCUT2D eigenvalue weighted by Gasteiger charge is 2.19. The lowest BCUT2D eigenvalue weighted by Crippen LogP contribution is -2.30. The van der Waals surface area contributed by atoms with Gasteiger partial charge in [0.1, 0.15) is 13.2 Å². The van der Waals surface area contributed by atoms with E-state index in [1.165, 1.54) is 154 Å². The van der Waals surface area contributed by atoms with Crippen molar-refractivity contribution in [3.05, 3.63) is 60.8 Å². The van der Waals surface area contributed by atoms with Crippen LogP contribution in [0.3, 0.4) is 0 Å². The van der Waals surface area contributed by atoms with Crippen molar-refractivity contribution < 1.29 is 28.6 Å². The van der Waals surface area contributed by atoms with E-state index < -0.39 is 6.10 Å². The molecule has 0 aromatic heterocycles. The first-order valence-corrected chi connectivity index (χ1v) is 26.3. The second-order valence-electron chi connectivity index (χ2n) is 17.4. The van der Waals surface area contributed by atoms with Gasteiger partial charge in [0.2, 0.25) is 0 Å². The Balaban J connectivity index is 4.49. The molecule has 62 heavy (non-hydrogen) atoms. The monoisotopic (exact) mass is 867 g/mol. The van der Waals surface area contributed by atoms with E-state index in [0.717, 1.165) is 51.4 Å². The first-order valence-electron chi connectivity index (χ1n) is 26.3. The molecule has 0 radical (unpaired) electrons. The van der Waals surface area contributed by atoms with Crippen molar-refractivity contribution in [1.82, 2.24) is 0 Å². The number of carbonyl (C=O) groups is 3. The molecule has 0 aliphatic heterocycles. The summed E-state index contributed by atoms with van der Waals surface area (Å²) in [5.74, 6) is -1.03. The fraction of sp³-hybridized carbons (Fsp3) is 0.768. The van der Waals surface area contributed by atoms with Crippen molar-refractivity contribution in [2.24, 2.45) is 0 Å². The Kier molecular flexibility index (Phi) is 48.4. The Morgan fingerprint density at radius 1 is 0.323 bits per heavy atom. The third-order valence-electron chi connectivity index (χ3n) is 11.3. The van der Waals surface area contributed by atoms with Gasteiger partial charge in [-0.25, -0.2) is 0 Å². The molecule has 0 rings (SSSR count). The van der Waals surface area contributed by atoms with Crippen LogP contribution < -0.4 is 0 Å². The van der Waals surface area contributed by atoms with Crippen LogP contribution in [-0.4, -0.2) is 37.2 Å². The van der Waals surface area contributed by atoms with E-state index in [-0.39, 0.29) is 44.0 Å².